The zero-order chi connectivity index (χ0) is 25.6. The smallest absolute Gasteiger partial charge is 0.173 e. The van der Waals surface area contributed by atoms with Gasteiger partial charge in [-0.05, 0) is 68.5 Å². The Kier molecular flexibility index (Phi) is 8.58. The van der Waals surface area contributed by atoms with Gasteiger partial charge in [0.1, 0.15) is 18.8 Å². The summed E-state index contributed by atoms with van der Waals surface area (Å²) in [6, 6.07) is 12.0. The zero-order valence-corrected chi connectivity index (χ0v) is 23.6. The van der Waals surface area contributed by atoms with E-state index >= 15 is 0 Å². The van der Waals surface area contributed by atoms with E-state index in [2.05, 4.69) is 45.9 Å². The first-order valence-electron chi connectivity index (χ1n) is 12.8. The monoisotopic (exact) mass is 584 g/mol. The summed E-state index contributed by atoms with van der Waals surface area (Å²) in [5.74, 6) is 2.35. The van der Waals surface area contributed by atoms with Crippen LogP contribution in [0.3, 0.4) is 0 Å². The van der Waals surface area contributed by atoms with E-state index < -0.39 is 0 Å². The lowest BCUT2D eigenvalue weighted by Crippen LogP contribution is -2.50. The number of benzene rings is 2. The highest BCUT2D eigenvalue weighted by atomic mass is 79.9. The van der Waals surface area contributed by atoms with E-state index in [-0.39, 0.29) is 0 Å². The SMILES string of the molecule is COc1cc2c(N3CCN(C(=S)Nc4ccc(Br)cc4)CC3)ncnc2cc1OCCN1CCCCC1. The number of nitrogens with zero attached hydrogens (tertiary/aromatic N) is 5. The van der Waals surface area contributed by atoms with Crippen LogP contribution >= 0.6 is 28.1 Å². The van der Waals surface area contributed by atoms with Crippen LogP contribution in [-0.2, 0) is 0 Å². The van der Waals surface area contributed by atoms with Gasteiger partial charge < -0.3 is 24.6 Å². The average Bonchev–Trinajstić information content (AvgIpc) is 2.94. The maximum atomic E-state index is 6.15. The van der Waals surface area contributed by atoms with E-state index in [4.69, 9.17) is 21.7 Å². The van der Waals surface area contributed by atoms with Crippen molar-refractivity contribution in [1.29, 1.82) is 0 Å². The molecule has 1 aromatic heterocycles. The fraction of sp³-hybridized carbons (Fsp3) is 0.444. The Bertz CT molecular complexity index is 1210. The molecular weight excluding hydrogens is 552 g/mol. The predicted molar refractivity (Wildman–Crippen MR) is 156 cm³/mol. The fourth-order valence-corrected chi connectivity index (χ4v) is 5.46. The minimum absolute atomic E-state index is 0.635. The first-order chi connectivity index (χ1) is 18.1. The molecule has 3 heterocycles. The number of fused-ring (bicyclic) bond motifs is 1. The van der Waals surface area contributed by atoms with E-state index in [0.717, 1.165) is 83.6 Å². The third kappa shape index (κ3) is 6.42. The van der Waals surface area contributed by atoms with Crippen LogP contribution in [0.5, 0.6) is 11.5 Å². The van der Waals surface area contributed by atoms with Gasteiger partial charge in [0, 0.05) is 54.3 Å². The molecule has 5 rings (SSSR count). The molecule has 0 unspecified atom stereocenters. The Morgan fingerprint density at radius 3 is 2.46 bits per heavy atom. The molecule has 0 spiro atoms. The Labute approximate surface area is 232 Å². The van der Waals surface area contributed by atoms with Crippen molar-refractivity contribution in [3.05, 3.63) is 47.2 Å². The number of piperazine rings is 1. The third-order valence-corrected chi connectivity index (χ3v) is 7.86. The van der Waals surface area contributed by atoms with Crippen LogP contribution in [0.15, 0.2) is 47.2 Å². The molecule has 0 radical (unpaired) electrons. The van der Waals surface area contributed by atoms with Crippen molar-refractivity contribution in [3.63, 3.8) is 0 Å². The number of hydrogen-bond acceptors (Lipinski definition) is 7. The predicted octanol–water partition coefficient (Wildman–Crippen LogP) is 4.78. The summed E-state index contributed by atoms with van der Waals surface area (Å²) >= 11 is 9.14. The van der Waals surface area contributed by atoms with E-state index in [0.29, 0.717) is 12.4 Å². The normalized spacial score (nSPS) is 16.6. The molecule has 2 aliphatic heterocycles. The van der Waals surface area contributed by atoms with Crippen molar-refractivity contribution in [3.8, 4) is 11.5 Å². The number of piperidine rings is 1. The van der Waals surface area contributed by atoms with Crippen molar-refractivity contribution in [2.75, 3.05) is 69.7 Å². The Balaban J connectivity index is 1.23. The van der Waals surface area contributed by atoms with Gasteiger partial charge in [0.2, 0.25) is 0 Å². The topological polar surface area (TPSA) is 66.0 Å². The van der Waals surface area contributed by atoms with Crippen molar-refractivity contribution >= 4 is 55.7 Å². The molecule has 0 saturated carbocycles. The number of ether oxygens (including phenoxy) is 2. The van der Waals surface area contributed by atoms with Crippen molar-refractivity contribution < 1.29 is 9.47 Å². The van der Waals surface area contributed by atoms with Crippen LogP contribution in [0.4, 0.5) is 11.5 Å². The Morgan fingerprint density at radius 2 is 1.73 bits per heavy atom. The van der Waals surface area contributed by atoms with Crippen LogP contribution in [0.2, 0.25) is 0 Å². The maximum absolute atomic E-state index is 6.15. The largest absolute Gasteiger partial charge is 0.493 e. The second kappa shape index (κ2) is 12.2. The van der Waals surface area contributed by atoms with Gasteiger partial charge in [-0.15, -0.1) is 0 Å². The van der Waals surface area contributed by atoms with Gasteiger partial charge in [-0.25, -0.2) is 9.97 Å². The molecule has 2 saturated heterocycles. The Hall–Kier alpha value is -2.69. The summed E-state index contributed by atoms with van der Waals surface area (Å²) in [5, 5.41) is 5.04. The average molecular weight is 586 g/mol. The number of aromatic nitrogens is 2. The second-order valence-corrected chi connectivity index (χ2v) is 10.7. The number of hydrogen-bond donors (Lipinski definition) is 1. The van der Waals surface area contributed by atoms with Crippen molar-refractivity contribution in [1.82, 2.24) is 19.8 Å². The first-order valence-corrected chi connectivity index (χ1v) is 14.1. The van der Waals surface area contributed by atoms with E-state index in [1.165, 1.54) is 19.3 Å². The second-order valence-electron chi connectivity index (χ2n) is 9.38. The molecule has 0 aliphatic carbocycles. The van der Waals surface area contributed by atoms with Crippen LogP contribution in [0.25, 0.3) is 10.9 Å². The van der Waals surface area contributed by atoms with Gasteiger partial charge >= 0.3 is 0 Å². The van der Waals surface area contributed by atoms with E-state index in [1.54, 1.807) is 13.4 Å². The molecule has 3 aromatic rings. The third-order valence-electron chi connectivity index (χ3n) is 6.98. The van der Waals surface area contributed by atoms with Gasteiger partial charge in [0.25, 0.3) is 0 Å². The maximum Gasteiger partial charge on any atom is 0.173 e. The van der Waals surface area contributed by atoms with Crippen LogP contribution < -0.4 is 19.7 Å². The molecule has 0 bridgehead atoms. The minimum atomic E-state index is 0.635. The fourth-order valence-electron chi connectivity index (χ4n) is 4.90. The minimum Gasteiger partial charge on any atom is -0.493 e. The number of nitrogens with one attached hydrogen (secondary N) is 1. The van der Waals surface area contributed by atoms with E-state index in [9.17, 15) is 0 Å². The molecule has 1 N–H and O–H groups in total. The molecule has 2 fully saturated rings. The highest BCUT2D eigenvalue weighted by molar-refractivity contribution is 9.10. The molecule has 2 aliphatic rings. The van der Waals surface area contributed by atoms with Crippen LogP contribution in [0.1, 0.15) is 19.3 Å². The molecule has 2 aromatic carbocycles. The summed E-state index contributed by atoms with van der Waals surface area (Å²) in [6.45, 7) is 7.12. The first kappa shape index (κ1) is 25.9. The lowest BCUT2D eigenvalue weighted by molar-refractivity contribution is 0.181. The molecular formula is C27H33BrN6O2S. The van der Waals surface area contributed by atoms with Gasteiger partial charge in [-0.3, -0.25) is 4.90 Å². The molecule has 8 nitrogen and oxygen atoms in total. The molecule has 0 atom stereocenters. The molecule has 37 heavy (non-hydrogen) atoms. The van der Waals surface area contributed by atoms with Crippen molar-refractivity contribution in [2.24, 2.45) is 0 Å². The summed E-state index contributed by atoms with van der Waals surface area (Å²) in [6.07, 6.45) is 5.53. The summed E-state index contributed by atoms with van der Waals surface area (Å²) in [7, 11) is 1.68. The zero-order valence-electron chi connectivity index (χ0n) is 21.2. The number of likely N-dealkylation sites (tertiary alicyclic amines) is 1. The molecule has 196 valence electrons. The number of methoxy groups -OCH3 is 1. The van der Waals surface area contributed by atoms with Crippen LogP contribution in [0, 0.1) is 0 Å². The molecule has 0 amide bonds. The van der Waals surface area contributed by atoms with Gasteiger partial charge in [0.15, 0.2) is 16.6 Å². The standard InChI is InChI=1S/C27H33BrN6O2S/c1-35-24-17-22-23(18-25(24)36-16-15-32-9-3-2-4-10-32)29-19-30-26(22)33-11-13-34(14-12-33)27(37)31-21-7-5-20(28)6-8-21/h5-8,17-19H,2-4,9-16H2,1H3,(H,31,37). The number of halogens is 1. The van der Waals surface area contributed by atoms with Crippen LogP contribution in [-0.4, -0.2) is 84.4 Å². The van der Waals surface area contributed by atoms with Gasteiger partial charge in [-0.1, -0.05) is 22.4 Å². The number of anilines is 2. The summed E-state index contributed by atoms with van der Waals surface area (Å²) < 4.78 is 12.9. The summed E-state index contributed by atoms with van der Waals surface area (Å²) in [5.41, 5.74) is 1.84. The lowest BCUT2D eigenvalue weighted by atomic mass is 10.1. The lowest BCUT2D eigenvalue weighted by Gasteiger charge is -2.37. The quantitative estimate of drug-likeness (QED) is 0.395. The number of thiocarbonyl (C=S) groups is 1. The Morgan fingerprint density at radius 1 is 0.973 bits per heavy atom. The van der Waals surface area contributed by atoms with Crippen molar-refractivity contribution in [2.45, 2.75) is 19.3 Å². The highest BCUT2D eigenvalue weighted by Crippen LogP contribution is 2.35. The highest BCUT2D eigenvalue weighted by Gasteiger charge is 2.23. The van der Waals surface area contributed by atoms with Gasteiger partial charge in [-0.2, -0.15) is 0 Å². The van der Waals surface area contributed by atoms with E-state index in [1.807, 2.05) is 36.4 Å². The molecule has 10 heteroatoms. The van der Waals surface area contributed by atoms with Gasteiger partial charge in [0.05, 0.1) is 12.6 Å². The summed E-state index contributed by atoms with van der Waals surface area (Å²) in [4.78, 5) is 16.1. The number of rotatable bonds is 7.